The van der Waals surface area contributed by atoms with Crippen LogP contribution in [0.2, 0.25) is 0 Å². The lowest BCUT2D eigenvalue weighted by Gasteiger charge is -2.16. The number of urea groups is 1. The maximum absolute atomic E-state index is 12.2. The summed E-state index contributed by atoms with van der Waals surface area (Å²) in [5, 5.41) is 5.74. The SMILES string of the molecule is COc1cccc(-c2ccc(NC(=O)NC[C@@H]3CC(=O)N(C4CC4)C3)cc2)c1. The molecule has 0 radical (unpaired) electrons. The van der Waals surface area contributed by atoms with E-state index in [-0.39, 0.29) is 17.9 Å². The van der Waals surface area contributed by atoms with Gasteiger partial charge in [0, 0.05) is 37.2 Å². The molecular weight excluding hydrogens is 354 g/mol. The first-order chi connectivity index (χ1) is 13.6. The number of benzene rings is 2. The number of nitrogens with one attached hydrogen (secondary N) is 2. The zero-order valence-corrected chi connectivity index (χ0v) is 16.0. The Bertz CT molecular complexity index is 862. The molecule has 2 fully saturated rings. The van der Waals surface area contributed by atoms with Crippen molar-refractivity contribution >= 4 is 17.6 Å². The molecular formula is C22H25N3O3. The number of hydrogen-bond donors (Lipinski definition) is 2. The van der Waals surface area contributed by atoms with Crippen molar-refractivity contribution in [3.8, 4) is 16.9 Å². The highest BCUT2D eigenvalue weighted by Gasteiger charge is 2.39. The number of rotatable bonds is 6. The predicted octanol–water partition coefficient (Wildman–Crippen LogP) is 3.49. The second-order valence-corrected chi connectivity index (χ2v) is 7.49. The van der Waals surface area contributed by atoms with Crippen molar-refractivity contribution in [3.05, 3.63) is 48.5 Å². The molecule has 4 rings (SSSR count). The van der Waals surface area contributed by atoms with Gasteiger partial charge in [0.05, 0.1) is 7.11 Å². The molecule has 1 saturated heterocycles. The Morgan fingerprint density at radius 2 is 1.93 bits per heavy atom. The fraction of sp³-hybridized carbons (Fsp3) is 0.364. The Hall–Kier alpha value is -3.02. The molecule has 2 N–H and O–H groups in total. The summed E-state index contributed by atoms with van der Waals surface area (Å²) in [6, 6.07) is 15.7. The predicted molar refractivity (Wildman–Crippen MR) is 108 cm³/mol. The van der Waals surface area contributed by atoms with Crippen LogP contribution in [-0.2, 0) is 4.79 Å². The van der Waals surface area contributed by atoms with E-state index in [1.54, 1.807) is 7.11 Å². The molecule has 146 valence electrons. The van der Waals surface area contributed by atoms with E-state index < -0.39 is 0 Å². The number of carbonyl (C=O) groups is 2. The highest BCUT2D eigenvalue weighted by molar-refractivity contribution is 5.89. The van der Waals surface area contributed by atoms with Crippen LogP contribution in [-0.4, -0.2) is 43.1 Å². The van der Waals surface area contributed by atoms with Crippen molar-refractivity contribution in [2.45, 2.75) is 25.3 Å². The lowest BCUT2D eigenvalue weighted by atomic mass is 10.1. The lowest BCUT2D eigenvalue weighted by Crippen LogP contribution is -2.34. The molecule has 1 saturated carbocycles. The second-order valence-electron chi connectivity index (χ2n) is 7.49. The molecule has 0 bridgehead atoms. The first-order valence-electron chi connectivity index (χ1n) is 9.71. The van der Waals surface area contributed by atoms with E-state index in [1.807, 2.05) is 53.4 Å². The summed E-state index contributed by atoms with van der Waals surface area (Å²) in [6.45, 7) is 1.28. The second kappa shape index (κ2) is 7.92. The molecule has 0 unspecified atom stereocenters. The number of carbonyl (C=O) groups excluding carboxylic acids is 2. The standard InChI is InChI=1S/C22H25N3O3/c1-28-20-4-2-3-17(12-20)16-5-7-18(8-6-16)24-22(27)23-13-15-11-21(26)25(14-15)19-9-10-19/h2-8,12,15,19H,9-11,13-14H2,1H3,(H2,23,24,27)/t15-/m0/s1. The van der Waals surface area contributed by atoms with Crippen LogP contribution >= 0.6 is 0 Å². The zero-order chi connectivity index (χ0) is 19.5. The average Bonchev–Trinajstić information content (AvgIpc) is 3.49. The minimum atomic E-state index is -0.244. The third-order valence-corrected chi connectivity index (χ3v) is 5.32. The van der Waals surface area contributed by atoms with Crippen LogP contribution in [0.25, 0.3) is 11.1 Å². The maximum Gasteiger partial charge on any atom is 0.319 e. The highest BCUT2D eigenvalue weighted by atomic mass is 16.5. The summed E-state index contributed by atoms with van der Waals surface area (Å²) >= 11 is 0. The van der Waals surface area contributed by atoms with E-state index in [0.29, 0.717) is 19.0 Å². The van der Waals surface area contributed by atoms with E-state index in [2.05, 4.69) is 10.6 Å². The molecule has 2 aromatic rings. The van der Waals surface area contributed by atoms with Crippen molar-refractivity contribution in [1.82, 2.24) is 10.2 Å². The Labute approximate surface area is 164 Å². The fourth-order valence-corrected chi connectivity index (χ4v) is 3.65. The zero-order valence-electron chi connectivity index (χ0n) is 16.0. The van der Waals surface area contributed by atoms with E-state index >= 15 is 0 Å². The topological polar surface area (TPSA) is 70.7 Å². The van der Waals surface area contributed by atoms with Gasteiger partial charge < -0.3 is 20.3 Å². The van der Waals surface area contributed by atoms with Crippen LogP contribution in [0.1, 0.15) is 19.3 Å². The van der Waals surface area contributed by atoms with Gasteiger partial charge in [-0.15, -0.1) is 0 Å². The average molecular weight is 379 g/mol. The summed E-state index contributed by atoms with van der Waals surface area (Å²) in [6.07, 6.45) is 2.78. The van der Waals surface area contributed by atoms with Gasteiger partial charge in [-0.2, -0.15) is 0 Å². The Balaban J connectivity index is 1.28. The number of ether oxygens (including phenoxy) is 1. The van der Waals surface area contributed by atoms with E-state index in [4.69, 9.17) is 4.74 Å². The van der Waals surface area contributed by atoms with Crippen molar-refractivity contribution in [2.24, 2.45) is 5.92 Å². The van der Waals surface area contributed by atoms with Gasteiger partial charge in [-0.05, 0) is 48.2 Å². The van der Waals surface area contributed by atoms with E-state index in [9.17, 15) is 9.59 Å². The van der Waals surface area contributed by atoms with Gasteiger partial charge in [0.2, 0.25) is 5.91 Å². The quantitative estimate of drug-likeness (QED) is 0.807. The highest BCUT2D eigenvalue weighted by Crippen LogP contribution is 2.32. The minimum absolute atomic E-state index is 0.203. The Morgan fingerprint density at radius 3 is 2.64 bits per heavy atom. The largest absolute Gasteiger partial charge is 0.497 e. The molecule has 2 aliphatic rings. The smallest absolute Gasteiger partial charge is 0.319 e. The van der Waals surface area contributed by atoms with Gasteiger partial charge in [-0.3, -0.25) is 4.79 Å². The lowest BCUT2D eigenvalue weighted by molar-refractivity contribution is -0.128. The molecule has 0 spiro atoms. The van der Waals surface area contributed by atoms with Gasteiger partial charge in [0.25, 0.3) is 0 Å². The normalized spacial score (nSPS) is 18.8. The van der Waals surface area contributed by atoms with Crippen molar-refractivity contribution < 1.29 is 14.3 Å². The molecule has 0 aromatic heterocycles. The van der Waals surface area contributed by atoms with Crippen LogP contribution < -0.4 is 15.4 Å². The van der Waals surface area contributed by atoms with Gasteiger partial charge in [0.15, 0.2) is 0 Å². The van der Waals surface area contributed by atoms with Crippen molar-refractivity contribution in [1.29, 1.82) is 0 Å². The fourth-order valence-electron chi connectivity index (χ4n) is 3.65. The molecule has 1 aliphatic carbocycles. The van der Waals surface area contributed by atoms with Crippen LogP contribution in [0.4, 0.5) is 10.5 Å². The summed E-state index contributed by atoms with van der Waals surface area (Å²) in [7, 11) is 1.65. The van der Waals surface area contributed by atoms with Crippen LogP contribution in [0.15, 0.2) is 48.5 Å². The molecule has 28 heavy (non-hydrogen) atoms. The van der Waals surface area contributed by atoms with Crippen LogP contribution in [0, 0.1) is 5.92 Å². The summed E-state index contributed by atoms with van der Waals surface area (Å²) < 4.78 is 5.26. The molecule has 1 heterocycles. The van der Waals surface area contributed by atoms with E-state index in [0.717, 1.165) is 42.0 Å². The summed E-state index contributed by atoms with van der Waals surface area (Å²) in [5.41, 5.74) is 2.84. The van der Waals surface area contributed by atoms with Gasteiger partial charge in [-0.25, -0.2) is 4.79 Å². The van der Waals surface area contributed by atoms with Crippen molar-refractivity contribution in [3.63, 3.8) is 0 Å². The third kappa shape index (κ3) is 4.27. The number of nitrogens with zero attached hydrogens (tertiary/aromatic N) is 1. The van der Waals surface area contributed by atoms with Crippen LogP contribution in [0.3, 0.4) is 0 Å². The summed E-state index contributed by atoms with van der Waals surface area (Å²) in [4.78, 5) is 26.1. The number of amides is 3. The monoisotopic (exact) mass is 379 g/mol. The molecule has 1 atom stereocenters. The van der Waals surface area contributed by atoms with Crippen LogP contribution in [0.5, 0.6) is 5.75 Å². The molecule has 6 nitrogen and oxygen atoms in total. The Morgan fingerprint density at radius 1 is 1.14 bits per heavy atom. The first kappa shape index (κ1) is 18.3. The summed E-state index contributed by atoms with van der Waals surface area (Å²) in [5.74, 6) is 1.24. The van der Waals surface area contributed by atoms with Gasteiger partial charge in [0.1, 0.15) is 5.75 Å². The maximum atomic E-state index is 12.2. The Kier molecular flexibility index (Phi) is 5.19. The van der Waals surface area contributed by atoms with Crippen molar-refractivity contribution in [2.75, 3.05) is 25.5 Å². The number of methoxy groups -OCH3 is 1. The first-order valence-corrected chi connectivity index (χ1v) is 9.71. The molecule has 1 aliphatic heterocycles. The molecule has 3 amide bonds. The van der Waals surface area contributed by atoms with Gasteiger partial charge in [-0.1, -0.05) is 24.3 Å². The minimum Gasteiger partial charge on any atom is -0.497 e. The third-order valence-electron chi connectivity index (χ3n) is 5.32. The van der Waals surface area contributed by atoms with E-state index in [1.165, 1.54) is 0 Å². The van der Waals surface area contributed by atoms with Gasteiger partial charge >= 0.3 is 6.03 Å². The molecule has 2 aromatic carbocycles. The number of likely N-dealkylation sites (tertiary alicyclic amines) is 1. The number of hydrogen-bond acceptors (Lipinski definition) is 3. The number of anilines is 1. The molecule has 6 heteroatoms.